The minimum atomic E-state index is -0.301. The van der Waals surface area contributed by atoms with Crippen molar-refractivity contribution in [2.75, 3.05) is 13.2 Å². The van der Waals surface area contributed by atoms with Crippen LogP contribution in [0.1, 0.15) is 65.2 Å². The van der Waals surface area contributed by atoms with E-state index in [1.54, 1.807) is 5.57 Å². The van der Waals surface area contributed by atoms with Gasteiger partial charge in [0.05, 0.1) is 19.3 Å². The SMILES string of the molecule is C[C@]12CCC3C(CC=C4CC5(CC[C@@]43C)OCCO5)C1CCC2O. The van der Waals surface area contributed by atoms with Gasteiger partial charge >= 0.3 is 0 Å². The lowest BCUT2D eigenvalue weighted by atomic mass is 9.47. The minimum Gasteiger partial charge on any atom is -0.393 e. The summed E-state index contributed by atoms with van der Waals surface area (Å²) in [7, 11) is 0. The van der Waals surface area contributed by atoms with Gasteiger partial charge in [0.1, 0.15) is 0 Å². The van der Waals surface area contributed by atoms with Crippen LogP contribution in [0.25, 0.3) is 0 Å². The second-order valence-corrected chi connectivity index (χ2v) is 9.68. The number of ether oxygens (including phenoxy) is 2. The van der Waals surface area contributed by atoms with Crippen LogP contribution in [-0.2, 0) is 9.47 Å². The summed E-state index contributed by atoms with van der Waals surface area (Å²) < 4.78 is 12.0. The number of hydrogen-bond donors (Lipinski definition) is 1. The van der Waals surface area contributed by atoms with E-state index >= 15 is 0 Å². The lowest BCUT2D eigenvalue weighted by Crippen LogP contribution is -2.52. The highest BCUT2D eigenvalue weighted by Crippen LogP contribution is 2.65. The Morgan fingerprint density at radius 2 is 1.79 bits per heavy atom. The molecule has 0 radical (unpaired) electrons. The first kappa shape index (κ1) is 15.8. The molecule has 4 unspecified atom stereocenters. The topological polar surface area (TPSA) is 38.7 Å². The average Bonchev–Trinajstić information content (AvgIpc) is 3.14. The quantitative estimate of drug-likeness (QED) is 0.680. The van der Waals surface area contributed by atoms with Gasteiger partial charge in [-0.05, 0) is 67.1 Å². The molecular formula is C21H32O3. The number of aliphatic hydroxyl groups excluding tert-OH is 1. The zero-order valence-electron chi connectivity index (χ0n) is 15.2. The van der Waals surface area contributed by atoms with Crippen LogP contribution in [0.4, 0.5) is 0 Å². The third-order valence-electron chi connectivity index (χ3n) is 8.87. The molecule has 3 nitrogen and oxygen atoms in total. The molecule has 1 saturated heterocycles. The van der Waals surface area contributed by atoms with Crippen molar-refractivity contribution in [3.05, 3.63) is 11.6 Å². The normalized spacial score (nSPS) is 52.5. The van der Waals surface area contributed by atoms with Crippen LogP contribution in [0.15, 0.2) is 11.6 Å². The Hall–Kier alpha value is -0.380. The summed E-state index contributed by atoms with van der Waals surface area (Å²) >= 11 is 0. The molecular weight excluding hydrogens is 300 g/mol. The number of aliphatic hydroxyl groups is 1. The second-order valence-electron chi connectivity index (χ2n) is 9.68. The molecule has 0 aromatic rings. The molecule has 3 saturated carbocycles. The summed E-state index contributed by atoms with van der Waals surface area (Å²) in [6.45, 7) is 6.40. The first-order valence-corrected chi connectivity index (χ1v) is 10.1. The van der Waals surface area contributed by atoms with Gasteiger partial charge in [0.25, 0.3) is 0 Å². The van der Waals surface area contributed by atoms with E-state index in [2.05, 4.69) is 19.9 Å². The molecule has 1 heterocycles. The van der Waals surface area contributed by atoms with E-state index in [4.69, 9.17) is 9.47 Å². The maximum atomic E-state index is 10.6. The summed E-state index contributed by atoms with van der Waals surface area (Å²) in [6.07, 6.45) is 11.7. The summed E-state index contributed by atoms with van der Waals surface area (Å²) in [5.41, 5.74) is 2.12. The largest absolute Gasteiger partial charge is 0.393 e. The van der Waals surface area contributed by atoms with Crippen LogP contribution >= 0.6 is 0 Å². The lowest BCUT2D eigenvalue weighted by molar-refractivity contribution is -0.185. The van der Waals surface area contributed by atoms with Gasteiger partial charge in [-0.25, -0.2) is 0 Å². The Bertz CT molecular complexity index is 563. The third-order valence-corrected chi connectivity index (χ3v) is 8.87. The molecule has 1 spiro atoms. The van der Waals surface area contributed by atoms with E-state index in [1.165, 1.54) is 32.1 Å². The van der Waals surface area contributed by atoms with E-state index in [-0.39, 0.29) is 17.3 Å². The highest BCUT2D eigenvalue weighted by atomic mass is 16.7. The Kier molecular flexibility index (Phi) is 3.35. The van der Waals surface area contributed by atoms with E-state index in [0.29, 0.717) is 5.41 Å². The Balaban J connectivity index is 1.46. The molecule has 1 aliphatic heterocycles. The van der Waals surface area contributed by atoms with Crippen molar-refractivity contribution in [2.45, 2.75) is 77.1 Å². The van der Waals surface area contributed by atoms with Gasteiger partial charge in [-0.1, -0.05) is 25.5 Å². The monoisotopic (exact) mass is 332 g/mol. The van der Waals surface area contributed by atoms with E-state index in [9.17, 15) is 5.11 Å². The zero-order valence-corrected chi connectivity index (χ0v) is 15.2. The third kappa shape index (κ3) is 1.95. The number of allylic oxidation sites excluding steroid dienone is 1. The molecule has 0 aromatic heterocycles. The maximum absolute atomic E-state index is 10.6. The minimum absolute atomic E-state index is 0.0726. The number of hydrogen-bond acceptors (Lipinski definition) is 3. The van der Waals surface area contributed by atoms with Crippen LogP contribution < -0.4 is 0 Å². The van der Waals surface area contributed by atoms with E-state index in [1.807, 2.05) is 0 Å². The van der Waals surface area contributed by atoms with Crippen LogP contribution in [-0.4, -0.2) is 30.2 Å². The summed E-state index contributed by atoms with van der Waals surface area (Å²) in [6, 6.07) is 0. The fourth-order valence-electron chi connectivity index (χ4n) is 7.32. The molecule has 4 fully saturated rings. The zero-order chi connectivity index (χ0) is 16.6. The predicted octanol–water partition coefficient (Wildman–Crippen LogP) is 4.05. The van der Waals surface area contributed by atoms with Crippen molar-refractivity contribution in [1.29, 1.82) is 0 Å². The summed E-state index contributed by atoms with van der Waals surface area (Å²) in [4.78, 5) is 0. The van der Waals surface area contributed by atoms with E-state index < -0.39 is 0 Å². The first-order chi connectivity index (χ1) is 11.5. The van der Waals surface area contributed by atoms with Crippen molar-refractivity contribution in [2.24, 2.45) is 28.6 Å². The van der Waals surface area contributed by atoms with Crippen molar-refractivity contribution < 1.29 is 14.6 Å². The van der Waals surface area contributed by atoms with Crippen LogP contribution in [0.3, 0.4) is 0 Å². The fraction of sp³-hybridized carbons (Fsp3) is 0.905. The van der Waals surface area contributed by atoms with Crippen molar-refractivity contribution in [3.63, 3.8) is 0 Å². The maximum Gasteiger partial charge on any atom is 0.172 e. The molecule has 0 aromatic carbocycles. The smallest absolute Gasteiger partial charge is 0.172 e. The molecule has 0 bridgehead atoms. The fourth-order valence-corrected chi connectivity index (χ4v) is 7.32. The van der Waals surface area contributed by atoms with Gasteiger partial charge in [-0.2, -0.15) is 0 Å². The summed E-state index contributed by atoms with van der Waals surface area (Å²) in [5.74, 6) is 1.98. The molecule has 24 heavy (non-hydrogen) atoms. The molecule has 134 valence electrons. The van der Waals surface area contributed by atoms with Gasteiger partial charge in [0.15, 0.2) is 5.79 Å². The standard InChI is InChI=1S/C21H32O3/c1-19-9-10-21(23-11-12-24-21)13-14(19)3-4-15-16-5-6-18(22)20(16,2)8-7-17(15)19/h3,15-18,22H,4-13H2,1-2H3/t15?,16?,17?,18?,19-,20-/m0/s1. The molecule has 3 heteroatoms. The van der Waals surface area contributed by atoms with Gasteiger partial charge in [-0.15, -0.1) is 0 Å². The number of fused-ring (bicyclic) bond motifs is 5. The highest BCUT2D eigenvalue weighted by molar-refractivity contribution is 5.26. The van der Waals surface area contributed by atoms with Crippen LogP contribution in [0, 0.1) is 28.6 Å². The first-order valence-electron chi connectivity index (χ1n) is 10.1. The Morgan fingerprint density at radius 3 is 2.58 bits per heavy atom. The predicted molar refractivity (Wildman–Crippen MR) is 92.3 cm³/mol. The van der Waals surface area contributed by atoms with Gasteiger partial charge in [0.2, 0.25) is 0 Å². The molecule has 5 aliphatic rings. The molecule has 6 atom stereocenters. The highest BCUT2D eigenvalue weighted by Gasteiger charge is 2.60. The lowest BCUT2D eigenvalue weighted by Gasteiger charge is -2.58. The van der Waals surface area contributed by atoms with Gasteiger partial charge in [-0.3, -0.25) is 0 Å². The van der Waals surface area contributed by atoms with Crippen LogP contribution in [0.2, 0.25) is 0 Å². The molecule has 0 amide bonds. The Morgan fingerprint density at radius 1 is 1.00 bits per heavy atom. The van der Waals surface area contributed by atoms with Gasteiger partial charge in [0, 0.05) is 12.8 Å². The van der Waals surface area contributed by atoms with Crippen LogP contribution in [0.5, 0.6) is 0 Å². The van der Waals surface area contributed by atoms with Crippen molar-refractivity contribution in [3.8, 4) is 0 Å². The Labute approximate surface area is 145 Å². The van der Waals surface area contributed by atoms with Crippen molar-refractivity contribution >= 4 is 0 Å². The molecule has 5 rings (SSSR count). The molecule has 1 N–H and O–H groups in total. The summed E-state index contributed by atoms with van der Waals surface area (Å²) in [5, 5.41) is 10.6. The second kappa shape index (κ2) is 5.08. The average molecular weight is 332 g/mol. The van der Waals surface area contributed by atoms with E-state index in [0.717, 1.165) is 50.2 Å². The molecule has 4 aliphatic carbocycles. The van der Waals surface area contributed by atoms with Gasteiger partial charge < -0.3 is 14.6 Å². The van der Waals surface area contributed by atoms with Crippen molar-refractivity contribution in [1.82, 2.24) is 0 Å². The number of rotatable bonds is 0.